The van der Waals surface area contributed by atoms with E-state index in [1.807, 2.05) is 13.1 Å². The molecule has 144 valence electrons. The molecular formula is C19H25N5O3. The second kappa shape index (κ2) is 8.77. The zero-order chi connectivity index (χ0) is 19.2. The highest BCUT2D eigenvalue weighted by atomic mass is 16.5. The minimum Gasteiger partial charge on any atom is -0.382 e. The molecule has 1 aliphatic rings. The van der Waals surface area contributed by atoms with Gasteiger partial charge >= 0.3 is 0 Å². The van der Waals surface area contributed by atoms with Crippen LogP contribution in [0.1, 0.15) is 35.1 Å². The Morgan fingerprint density at radius 3 is 2.63 bits per heavy atom. The number of hydrogen-bond acceptors (Lipinski definition) is 5. The minimum absolute atomic E-state index is 0.0109. The van der Waals surface area contributed by atoms with Crippen LogP contribution in [0.2, 0.25) is 0 Å². The van der Waals surface area contributed by atoms with Crippen LogP contribution in [0.3, 0.4) is 0 Å². The van der Waals surface area contributed by atoms with Gasteiger partial charge < -0.3 is 15.0 Å². The molecule has 0 aromatic carbocycles. The minimum atomic E-state index is -0.247. The number of methoxy groups -OCH3 is 1. The molecule has 0 aliphatic carbocycles. The van der Waals surface area contributed by atoms with Crippen LogP contribution in [-0.2, 0) is 16.6 Å². The first-order valence-corrected chi connectivity index (χ1v) is 9.07. The van der Waals surface area contributed by atoms with E-state index in [-0.39, 0.29) is 23.8 Å². The lowest BCUT2D eigenvalue weighted by Crippen LogP contribution is -2.44. The lowest BCUT2D eigenvalue weighted by atomic mass is 9.95. The van der Waals surface area contributed by atoms with Crippen molar-refractivity contribution >= 4 is 11.8 Å². The number of nitrogens with one attached hydrogen (secondary N) is 1. The Kier molecular flexibility index (Phi) is 6.18. The van der Waals surface area contributed by atoms with Crippen molar-refractivity contribution in [3.05, 3.63) is 48.0 Å². The molecule has 0 bridgehead atoms. The molecule has 0 spiro atoms. The number of rotatable bonds is 6. The third-order valence-electron chi connectivity index (χ3n) is 4.90. The summed E-state index contributed by atoms with van der Waals surface area (Å²) in [7, 11) is 3.45. The summed E-state index contributed by atoms with van der Waals surface area (Å²) in [4.78, 5) is 31.1. The van der Waals surface area contributed by atoms with Crippen molar-refractivity contribution in [1.29, 1.82) is 0 Å². The van der Waals surface area contributed by atoms with E-state index in [2.05, 4.69) is 15.4 Å². The van der Waals surface area contributed by atoms with Crippen molar-refractivity contribution in [3.8, 4) is 0 Å². The van der Waals surface area contributed by atoms with Crippen LogP contribution in [0.5, 0.6) is 0 Å². The molecule has 2 aromatic rings. The summed E-state index contributed by atoms with van der Waals surface area (Å²) >= 11 is 0. The maximum Gasteiger partial charge on any atom is 0.272 e. The summed E-state index contributed by atoms with van der Waals surface area (Å²) in [6.07, 6.45) is 4.58. The zero-order valence-electron chi connectivity index (χ0n) is 15.7. The molecule has 3 rings (SSSR count). The Hall–Kier alpha value is -2.74. The molecule has 1 atom stereocenters. The molecule has 8 nitrogen and oxygen atoms in total. The number of amides is 2. The van der Waals surface area contributed by atoms with E-state index in [0.29, 0.717) is 38.2 Å². The van der Waals surface area contributed by atoms with Crippen LogP contribution in [0, 0.1) is 5.92 Å². The van der Waals surface area contributed by atoms with Gasteiger partial charge in [-0.1, -0.05) is 6.07 Å². The molecule has 1 N–H and O–H groups in total. The molecule has 27 heavy (non-hydrogen) atoms. The first kappa shape index (κ1) is 19.0. The van der Waals surface area contributed by atoms with Crippen molar-refractivity contribution in [2.75, 3.05) is 26.8 Å². The number of ether oxygens (including phenoxy) is 1. The lowest BCUT2D eigenvalue weighted by molar-refractivity contribution is -0.127. The zero-order valence-corrected chi connectivity index (χ0v) is 15.7. The molecule has 2 aromatic heterocycles. The van der Waals surface area contributed by atoms with Crippen LogP contribution < -0.4 is 5.32 Å². The van der Waals surface area contributed by atoms with Crippen molar-refractivity contribution < 1.29 is 14.3 Å². The number of carbonyl (C=O) groups excluding carboxylic acids is 2. The van der Waals surface area contributed by atoms with Gasteiger partial charge in [0.2, 0.25) is 5.91 Å². The fourth-order valence-corrected chi connectivity index (χ4v) is 3.38. The van der Waals surface area contributed by atoms with Crippen LogP contribution in [0.4, 0.5) is 0 Å². The van der Waals surface area contributed by atoms with Crippen molar-refractivity contribution in [3.63, 3.8) is 0 Å². The van der Waals surface area contributed by atoms with E-state index >= 15 is 0 Å². The van der Waals surface area contributed by atoms with E-state index in [1.54, 1.807) is 47.3 Å². The van der Waals surface area contributed by atoms with Gasteiger partial charge in [-0.2, -0.15) is 5.10 Å². The smallest absolute Gasteiger partial charge is 0.272 e. The number of pyridine rings is 1. The molecule has 2 amide bonds. The van der Waals surface area contributed by atoms with Gasteiger partial charge in [0, 0.05) is 45.6 Å². The maximum atomic E-state index is 12.7. The summed E-state index contributed by atoms with van der Waals surface area (Å²) in [5, 5.41) is 7.22. The lowest BCUT2D eigenvalue weighted by Gasteiger charge is -2.32. The van der Waals surface area contributed by atoms with Crippen LogP contribution >= 0.6 is 0 Å². The largest absolute Gasteiger partial charge is 0.382 e. The highest BCUT2D eigenvalue weighted by Gasteiger charge is 2.30. The van der Waals surface area contributed by atoms with E-state index in [9.17, 15) is 9.59 Å². The molecule has 0 unspecified atom stereocenters. The molecule has 3 heterocycles. The standard InChI is InChI=1S/C19H25N5O3/c1-23-17(6-10-21-23)16(13-27-2)22-18(25)14-7-11-24(12-8-14)19(26)15-5-3-4-9-20-15/h3-6,9-10,14,16H,7-8,11-13H2,1-2H3,(H,22,25)/t16-/m1/s1. The fraction of sp³-hybridized carbons (Fsp3) is 0.474. The number of nitrogens with zero attached hydrogens (tertiary/aromatic N) is 4. The van der Waals surface area contributed by atoms with Crippen molar-refractivity contribution in [2.24, 2.45) is 13.0 Å². The van der Waals surface area contributed by atoms with Gasteiger partial charge in [-0.3, -0.25) is 19.3 Å². The first-order valence-electron chi connectivity index (χ1n) is 9.07. The van der Waals surface area contributed by atoms with Gasteiger partial charge in [-0.05, 0) is 31.0 Å². The number of likely N-dealkylation sites (tertiary alicyclic amines) is 1. The van der Waals surface area contributed by atoms with Crippen LogP contribution in [0.25, 0.3) is 0 Å². The Morgan fingerprint density at radius 1 is 1.26 bits per heavy atom. The quantitative estimate of drug-likeness (QED) is 0.823. The second-order valence-corrected chi connectivity index (χ2v) is 6.68. The Morgan fingerprint density at radius 2 is 2.04 bits per heavy atom. The van der Waals surface area contributed by atoms with E-state index < -0.39 is 0 Å². The van der Waals surface area contributed by atoms with Gasteiger partial charge in [0.15, 0.2) is 0 Å². The summed E-state index contributed by atoms with van der Waals surface area (Å²) in [5.41, 5.74) is 1.34. The maximum absolute atomic E-state index is 12.7. The summed E-state index contributed by atoms with van der Waals surface area (Å²) in [6, 6.07) is 6.92. The average molecular weight is 371 g/mol. The van der Waals surface area contributed by atoms with Gasteiger partial charge in [0.1, 0.15) is 5.69 Å². The van der Waals surface area contributed by atoms with Gasteiger partial charge in [-0.15, -0.1) is 0 Å². The van der Waals surface area contributed by atoms with Gasteiger partial charge in [-0.25, -0.2) is 0 Å². The number of aromatic nitrogens is 3. The SMILES string of the molecule is COC[C@@H](NC(=O)C1CCN(C(=O)c2ccccn2)CC1)c1ccnn1C. The van der Waals surface area contributed by atoms with Crippen molar-refractivity contribution in [2.45, 2.75) is 18.9 Å². The highest BCUT2D eigenvalue weighted by molar-refractivity contribution is 5.92. The normalized spacial score (nSPS) is 16.1. The molecular weight excluding hydrogens is 346 g/mol. The van der Waals surface area contributed by atoms with Gasteiger partial charge in [0.05, 0.1) is 18.3 Å². The second-order valence-electron chi connectivity index (χ2n) is 6.68. The van der Waals surface area contributed by atoms with E-state index in [4.69, 9.17) is 4.74 Å². The number of hydrogen-bond donors (Lipinski definition) is 1. The van der Waals surface area contributed by atoms with E-state index in [1.165, 1.54) is 0 Å². The highest BCUT2D eigenvalue weighted by Crippen LogP contribution is 2.21. The molecule has 1 fully saturated rings. The number of carbonyl (C=O) groups is 2. The molecule has 0 radical (unpaired) electrons. The van der Waals surface area contributed by atoms with Crippen LogP contribution in [0.15, 0.2) is 36.7 Å². The molecule has 1 saturated heterocycles. The first-order chi connectivity index (χ1) is 13.1. The van der Waals surface area contributed by atoms with Crippen LogP contribution in [-0.4, -0.2) is 58.3 Å². The average Bonchev–Trinajstić information content (AvgIpc) is 3.13. The summed E-state index contributed by atoms with van der Waals surface area (Å²) in [5.74, 6) is -0.213. The third kappa shape index (κ3) is 4.51. The Bertz CT molecular complexity index is 769. The number of piperidine rings is 1. The number of aryl methyl sites for hydroxylation is 1. The topological polar surface area (TPSA) is 89.3 Å². The predicted molar refractivity (Wildman–Crippen MR) is 98.8 cm³/mol. The predicted octanol–water partition coefficient (Wildman–Crippen LogP) is 1.17. The van der Waals surface area contributed by atoms with Crippen molar-refractivity contribution in [1.82, 2.24) is 25.0 Å². The van der Waals surface area contributed by atoms with E-state index in [0.717, 1.165) is 5.69 Å². The fourth-order valence-electron chi connectivity index (χ4n) is 3.38. The molecule has 8 heteroatoms. The Labute approximate surface area is 158 Å². The molecule has 1 aliphatic heterocycles. The Balaban J connectivity index is 1.56. The molecule has 0 saturated carbocycles. The third-order valence-corrected chi connectivity index (χ3v) is 4.90. The summed E-state index contributed by atoms with van der Waals surface area (Å²) < 4.78 is 6.99. The monoisotopic (exact) mass is 371 g/mol. The summed E-state index contributed by atoms with van der Waals surface area (Å²) in [6.45, 7) is 1.48. The van der Waals surface area contributed by atoms with Gasteiger partial charge in [0.25, 0.3) is 5.91 Å².